The lowest BCUT2D eigenvalue weighted by Gasteiger charge is -2.30. The molecule has 1 amide bonds. The molecule has 0 bridgehead atoms. The fourth-order valence-corrected chi connectivity index (χ4v) is 3.58. The molecule has 0 saturated carbocycles. The number of nitrogens with one attached hydrogen (secondary N) is 1. The molecule has 0 atom stereocenters. The van der Waals surface area contributed by atoms with Crippen LogP contribution in [0.1, 0.15) is 6.42 Å². The normalized spacial score (nSPS) is 14.4. The predicted octanol–water partition coefficient (Wildman–Crippen LogP) is 3.78. The standard InChI is InChI=1S/C19H21FN2O2S/c20-15-5-1-4-8-18(15)25-14-9-19(23)21-16-6-2-3-7-17(16)22-10-12-24-13-11-22/h1-8H,9-14H2,(H,21,23). The van der Waals surface area contributed by atoms with Crippen molar-refractivity contribution in [3.8, 4) is 0 Å². The van der Waals surface area contributed by atoms with E-state index in [4.69, 9.17) is 4.74 Å². The molecule has 0 aliphatic carbocycles. The average Bonchev–Trinajstić information content (AvgIpc) is 2.64. The quantitative estimate of drug-likeness (QED) is 0.796. The van der Waals surface area contributed by atoms with Crippen molar-refractivity contribution in [2.24, 2.45) is 0 Å². The molecular formula is C19H21FN2O2S. The molecule has 25 heavy (non-hydrogen) atoms. The summed E-state index contributed by atoms with van der Waals surface area (Å²) >= 11 is 1.36. The number of amides is 1. The first-order valence-corrected chi connectivity index (χ1v) is 9.31. The molecule has 2 aromatic rings. The maximum absolute atomic E-state index is 13.6. The molecule has 1 aliphatic rings. The van der Waals surface area contributed by atoms with Crippen molar-refractivity contribution in [3.63, 3.8) is 0 Å². The van der Waals surface area contributed by atoms with E-state index in [0.29, 0.717) is 30.3 Å². The van der Waals surface area contributed by atoms with E-state index < -0.39 is 0 Å². The maximum Gasteiger partial charge on any atom is 0.225 e. The number of rotatable bonds is 6. The van der Waals surface area contributed by atoms with E-state index in [9.17, 15) is 9.18 Å². The van der Waals surface area contributed by atoms with E-state index in [0.717, 1.165) is 24.5 Å². The van der Waals surface area contributed by atoms with Crippen molar-refractivity contribution in [2.75, 3.05) is 42.3 Å². The van der Waals surface area contributed by atoms with Crippen LogP contribution in [0.3, 0.4) is 0 Å². The highest BCUT2D eigenvalue weighted by Crippen LogP contribution is 2.27. The minimum absolute atomic E-state index is 0.0652. The second-order valence-electron chi connectivity index (χ2n) is 5.69. The summed E-state index contributed by atoms with van der Waals surface area (Å²) in [5.41, 5.74) is 1.83. The summed E-state index contributed by atoms with van der Waals surface area (Å²) in [4.78, 5) is 15.0. The van der Waals surface area contributed by atoms with Gasteiger partial charge in [0.1, 0.15) is 5.82 Å². The predicted molar refractivity (Wildman–Crippen MR) is 99.8 cm³/mol. The third kappa shape index (κ3) is 4.96. The van der Waals surface area contributed by atoms with Gasteiger partial charge in [0, 0.05) is 30.2 Å². The van der Waals surface area contributed by atoms with Crippen LogP contribution in [0.25, 0.3) is 0 Å². The zero-order valence-electron chi connectivity index (χ0n) is 13.9. The minimum Gasteiger partial charge on any atom is -0.378 e. The maximum atomic E-state index is 13.6. The molecule has 6 heteroatoms. The molecule has 1 aliphatic heterocycles. The fourth-order valence-electron chi connectivity index (χ4n) is 2.69. The van der Waals surface area contributed by atoms with Crippen molar-refractivity contribution in [1.29, 1.82) is 0 Å². The largest absolute Gasteiger partial charge is 0.378 e. The van der Waals surface area contributed by atoms with E-state index in [-0.39, 0.29) is 11.7 Å². The van der Waals surface area contributed by atoms with Gasteiger partial charge in [0.15, 0.2) is 0 Å². The third-order valence-corrected chi connectivity index (χ3v) is 5.00. The number of hydrogen-bond donors (Lipinski definition) is 1. The Labute approximate surface area is 151 Å². The first-order valence-electron chi connectivity index (χ1n) is 8.33. The Balaban J connectivity index is 1.55. The lowest BCUT2D eigenvalue weighted by molar-refractivity contribution is -0.115. The number of ether oxygens (including phenoxy) is 1. The number of hydrogen-bond acceptors (Lipinski definition) is 4. The molecule has 0 spiro atoms. The SMILES string of the molecule is O=C(CCSc1ccccc1F)Nc1ccccc1N1CCOCC1. The molecule has 3 rings (SSSR count). The van der Waals surface area contributed by atoms with Gasteiger partial charge in [0.2, 0.25) is 5.91 Å². The summed E-state index contributed by atoms with van der Waals surface area (Å²) in [6, 6.07) is 14.4. The van der Waals surface area contributed by atoms with Crippen LogP contribution >= 0.6 is 11.8 Å². The van der Waals surface area contributed by atoms with Gasteiger partial charge in [-0.15, -0.1) is 11.8 Å². The summed E-state index contributed by atoms with van der Waals surface area (Å²) in [5, 5.41) is 2.98. The lowest BCUT2D eigenvalue weighted by Crippen LogP contribution is -2.36. The van der Waals surface area contributed by atoms with Crippen LogP contribution in [0.15, 0.2) is 53.4 Å². The Morgan fingerprint density at radius 3 is 2.64 bits per heavy atom. The summed E-state index contributed by atoms with van der Waals surface area (Å²) < 4.78 is 19.0. The van der Waals surface area contributed by atoms with E-state index in [1.807, 2.05) is 24.3 Å². The topological polar surface area (TPSA) is 41.6 Å². The van der Waals surface area contributed by atoms with Gasteiger partial charge < -0.3 is 15.0 Å². The van der Waals surface area contributed by atoms with Gasteiger partial charge in [0.25, 0.3) is 0 Å². The Morgan fingerprint density at radius 2 is 1.84 bits per heavy atom. The molecule has 132 valence electrons. The van der Waals surface area contributed by atoms with Gasteiger partial charge in [0.05, 0.1) is 24.6 Å². The average molecular weight is 360 g/mol. The highest BCUT2D eigenvalue weighted by atomic mass is 32.2. The van der Waals surface area contributed by atoms with Gasteiger partial charge in [-0.3, -0.25) is 4.79 Å². The van der Waals surface area contributed by atoms with Gasteiger partial charge in [-0.05, 0) is 24.3 Å². The minimum atomic E-state index is -0.245. The molecule has 2 aromatic carbocycles. The first-order chi connectivity index (χ1) is 12.2. The van der Waals surface area contributed by atoms with Gasteiger partial charge in [-0.2, -0.15) is 0 Å². The molecule has 0 radical (unpaired) electrons. The van der Waals surface area contributed by atoms with Crippen LogP contribution < -0.4 is 10.2 Å². The van der Waals surface area contributed by atoms with Gasteiger partial charge >= 0.3 is 0 Å². The number of morpholine rings is 1. The number of nitrogens with zero attached hydrogens (tertiary/aromatic N) is 1. The molecule has 1 saturated heterocycles. The number of halogens is 1. The Bertz CT molecular complexity index is 720. The fraction of sp³-hybridized carbons (Fsp3) is 0.316. The van der Waals surface area contributed by atoms with E-state index in [2.05, 4.69) is 10.2 Å². The molecule has 4 nitrogen and oxygen atoms in total. The van der Waals surface area contributed by atoms with E-state index in [1.165, 1.54) is 17.8 Å². The zero-order chi connectivity index (χ0) is 17.5. The smallest absolute Gasteiger partial charge is 0.225 e. The summed E-state index contributed by atoms with van der Waals surface area (Å²) in [6.07, 6.45) is 0.330. The van der Waals surface area contributed by atoms with Crippen LogP contribution in [0.4, 0.5) is 15.8 Å². The Morgan fingerprint density at radius 1 is 1.12 bits per heavy atom. The highest BCUT2D eigenvalue weighted by Gasteiger charge is 2.15. The first kappa shape index (κ1) is 17.8. The monoisotopic (exact) mass is 360 g/mol. The number of carbonyl (C=O) groups is 1. The summed E-state index contributed by atoms with van der Waals surface area (Å²) in [7, 11) is 0. The number of benzene rings is 2. The second-order valence-corrected chi connectivity index (χ2v) is 6.83. The molecular weight excluding hydrogens is 339 g/mol. The van der Waals surface area contributed by atoms with E-state index in [1.54, 1.807) is 18.2 Å². The molecule has 1 heterocycles. The Hall–Kier alpha value is -2.05. The Kier molecular flexibility index (Phi) is 6.30. The van der Waals surface area contributed by atoms with Crippen LogP contribution in [-0.2, 0) is 9.53 Å². The highest BCUT2D eigenvalue weighted by molar-refractivity contribution is 7.99. The summed E-state index contributed by atoms with van der Waals surface area (Å²) in [5.74, 6) is 0.224. The van der Waals surface area contributed by atoms with Crippen LogP contribution in [0.2, 0.25) is 0 Å². The van der Waals surface area contributed by atoms with Crippen LogP contribution in [0, 0.1) is 5.82 Å². The third-order valence-electron chi connectivity index (χ3n) is 3.95. The zero-order valence-corrected chi connectivity index (χ0v) is 14.7. The lowest BCUT2D eigenvalue weighted by atomic mass is 10.2. The molecule has 0 aromatic heterocycles. The van der Waals surface area contributed by atoms with Crippen molar-refractivity contribution in [3.05, 3.63) is 54.3 Å². The number of para-hydroxylation sites is 2. The van der Waals surface area contributed by atoms with E-state index >= 15 is 0 Å². The molecule has 0 unspecified atom stereocenters. The van der Waals surface area contributed by atoms with Crippen LogP contribution in [0.5, 0.6) is 0 Å². The van der Waals surface area contributed by atoms with Crippen molar-refractivity contribution in [2.45, 2.75) is 11.3 Å². The van der Waals surface area contributed by atoms with Crippen molar-refractivity contribution < 1.29 is 13.9 Å². The number of carbonyl (C=O) groups excluding carboxylic acids is 1. The number of anilines is 2. The molecule has 1 N–H and O–H groups in total. The van der Waals surface area contributed by atoms with Gasteiger partial charge in [-0.1, -0.05) is 24.3 Å². The second kappa shape index (κ2) is 8.87. The molecule has 1 fully saturated rings. The van der Waals surface area contributed by atoms with Gasteiger partial charge in [-0.25, -0.2) is 4.39 Å². The van der Waals surface area contributed by atoms with Crippen molar-refractivity contribution >= 4 is 29.0 Å². The van der Waals surface area contributed by atoms with Crippen LogP contribution in [-0.4, -0.2) is 38.0 Å². The number of thioether (sulfide) groups is 1. The van der Waals surface area contributed by atoms with Crippen molar-refractivity contribution in [1.82, 2.24) is 0 Å². The summed E-state index contributed by atoms with van der Waals surface area (Å²) in [6.45, 7) is 3.02.